The van der Waals surface area contributed by atoms with E-state index in [1.807, 2.05) is 20.8 Å². The number of hydrogen-bond acceptors (Lipinski definition) is 7. The van der Waals surface area contributed by atoms with Gasteiger partial charge in [0, 0.05) is 41.8 Å². The Kier molecular flexibility index (Phi) is 7.93. The van der Waals surface area contributed by atoms with E-state index in [9.17, 15) is 18.0 Å². The average Bonchev–Trinajstić information content (AvgIpc) is 3.05. The van der Waals surface area contributed by atoms with Gasteiger partial charge in [-0.05, 0) is 52.5 Å². The molecule has 2 aliphatic rings. The van der Waals surface area contributed by atoms with Crippen molar-refractivity contribution in [2.24, 2.45) is 0 Å². The molecule has 1 saturated heterocycles. The Morgan fingerprint density at radius 1 is 1.11 bits per heavy atom. The third kappa shape index (κ3) is 7.44. The van der Waals surface area contributed by atoms with Crippen molar-refractivity contribution in [3.05, 3.63) is 23.8 Å². The normalized spacial score (nSPS) is 26.1. The van der Waals surface area contributed by atoms with Gasteiger partial charge in [-0.1, -0.05) is 20.8 Å². The standard InChI is InChI=1S/C24H40N6O4S/c1-23(2,3)22-25-12-10-16(27-22)20(31)26-17-11-13-30(21(17)32)19-9-8-15(28-24(4,5)6)14-18(19)29-35(7,33)34/h10,12,15,17-19,28-29H,8-9,11,13-14H2,1-7H3,(H,26,31)/t15-,17+,18-,19+/m1/s1. The molecule has 0 spiro atoms. The highest BCUT2D eigenvalue weighted by atomic mass is 32.2. The Balaban J connectivity index is 1.71. The smallest absolute Gasteiger partial charge is 0.270 e. The monoisotopic (exact) mass is 508 g/mol. The molecule has 35 heavy (non-hydrogen) atoms. The van der Waals surface area contributed by atoms with Crippen LogP contribution in [0.4, 0.5) is 0 Å². The number of carbonyl (C=O) groups excluding carboxylic acids is 2. The van der Waals surface area contributed by atoms with Crippen LogP contribution in [-0.2, 0) is 20.2 Å². The molecule has 2 heterocycles. The molecule has 0 aromatic carbocycles. The molecule has 11 heteroatoms. The number of rotatable bonds is 6. The summed E-state index contributed by atoms with van der Waals surface area (Å²) in [5, 5.41) is 6.38. The first-order valence-corrected chi connectivity index (χ1v) is 14.1. The lowest BCUT2D eigenvalue weighted by Crippen LogP contribution is -2.59. The molecule has 1 saturated carbocycles. The number of carbonyl (C=O) groups is 2. The van der Waals surface area contributed by atoms with Crippen molar-refractivity contribution in [3.63, 3.8) is 0 Å². The maximum atomic E-state index is 13.3. The molecular weight excluding hydrogens is 468 g/mol. The maximum absolute atomic E-state index is 13.3. The topological polar surface area (TPSA) is 133 Å². The lowest BCUT2D eigenvalue weighted by molar-refractivity contribution is -0.132. The van der Waals surface area contributed by atoms with E-state index in [1.54, 1.807) is 11.1 Å². The summed E-state index contributed by atoms with van der Waals surface area (Å²) in [6.07, 6.45) is 5.26. The van der Waals surface area contributed by atoms with Crippen LogP contribution < -0.4 is 15.4 Å². The Bertz CT molecular complexity index is 1050. The summed E-state index contributed by atoms with van der Waals surface area (Å²) in [4.78, 5) is 36.5. The van der Waals surface area contributed by atoms with E-state index in [1.165, 1.54) is 6.07 Å². The van der Waals surface area contributed by atoms with Gasteiger partial charge in [-0.3, -0.25) is 9.59 Å². The zero-order chi connectivity index (χ0) is 26.2. The summed E-state index contributed by atoms with van der Waals surface area (Å²) >= 11 is 0. The predicted molar refractivity (Wildman–Crippen MR) is 134 cm³/mol. The van der Waals surface area contributed by atoms with E-state index in [4.69, 9.17) is 0 Å². The summed E-state index contributed by atoms with van der Waals surface area (Å²) in [7, 11) is -3.46. The molecule has 1 aromatic heterocycles. The van der Waals surface area contributed by atoms with Gasteiger partial charge in [0.2, 0.25) is 15.9 Å². The third-order valence-corrected chi connectivity index (χ3v) is 7.05. The van der Waals surface area contributed by atoms with Crippen LogP contribution in [0.5, 0.6) is 0 Å². The van der Waals surface area contributed by atoms with E-state index in [0.29, 0.717) is 31.6 Å². The van der Waals surface area contributed by atoms with Gasteiger partial charge in [0.15, 0.2) is 0 Å². The third-order valence-electron chi connectivity index (χ3n) is 6.32. The van der Waals surface area contributed by atoms with Gasteiger partial charge in [0.05, 0.1) is 6.26 Å². The van der Waals surface area contributed by atoms with Crippen molar-refractivity contribution in [3.8, 4) is 0 Å². The Morgan fingerprint density at radius 3 is 2.40 bits per heavy atom. The maximum Gasteiger partial charge on any atom is 0.270 e. The molecule has 3 rings (SSSR count). The van der Waals surface area contributed by atoms with Crippen molar-refractivity contribution in [1.29, 1.82) is 0 Å². The van der Waals surface area contributed by atoms with E-state index >= 15 is 0 Å². The number of aromatic nitrogens is 2. The molecule has 0 unspecified atom stereocenters. The first kappa shape index (κ1) is 27.5. The molecular formula is C24H40N6O4S. The number of nitrogens with zero attached hydrogens (tertiary/aromatic N) is 3. The van der Waals surface area contributed by atoms with Crippen LogP contribution >= 0.6 is 0 Å². The highest BCUT2D eigenvalue weighted by molar-refractivity contribution is 7.88. The molecule has 4 atom stereocenters. The Morgan fingerprint density at radius 2 is 1.80 bits per heavy atom. The van der Waals surface area contributed by atoms with Crippen molar-refractivity contribution in [1.82, 2.24) is 30.2 Å². The highest BCUT2D eigenvalue weighted by Gasteiger charge is 2.43. The van der Waals surface area contributed by atoms with E-state index < -0.39 is 28.0 Å². The summed E-state index contributed by atoms with van der Waals surface area (Å²) in [6.45, 7) is 12.6. The minimum atomic E-state index is -3.46. The van der Waals surface area contributed by atoms with Crippen LogP contribution in [0.15, 0.2) is 12.3 Å². The fourth-order valence-corrected chi connectivity index (χ4v) is 5.72. The van der Waals surface area contributed by atoms with Gasteiger partial charge < -0.3 is 15.5 Å². The van der Waals surface area contributed by atoms with Gasteiger partial charge in [0.1, 0.15) is 17.6 Å². The quantitative estimate of drug-likeness (QED) is 0.528. The van der Waals surface area contributed by atoms with Gasteiger partial charge in [-0.2, -0.15) is 0 Å². The minimum absolute atomic E-state index is 0.0974. The zero-order valence-electron chi connectivity index (χ0n) is 21.9. The summed E-state index contributed by atoms with van der Waals surface area (Å²) < 4.78 is 26.9. The summed E-state index contributed by atoms with van der Waals surface area (Å²) in [5.41, 5.74) is -0.181. The molecule has 0 radical (unpaired) electrons. The van der Waals surface area contributed by atoms with Crippen LogP contribution in [0.1, 0.15) is 83.5 Å². The molecule has 1 aromatic rings. The second kappa shape index (κ2) is 10.1. The van der Waals surface area contributed by atoms with Crippen LogP contribution in [0, 0.1) is 0 Å². The lowest BCUT2D eigenvalue weighted by atomic mass is 9.85. The summed E-state index contributed by atoms with van der Waals surface area (Å²) in [5.74, 6) is -0.0437. The zero-order valence-corrected chi connectivity index (χ0v) is 22.7. The second-order valence-electron chi connectivity index (χ2n) is 11.8. The molecule has 196 valence electrons. The molecule has 2 amide bonds. The van der Waals surface area contributed by atoms with Crippen LogP contribution in [0.2, 0.25) is 0 Å². The first-order chi connectivity index (χ1) is 16.0. The van der Waals surface area contributed by atoms with Gasteiger partial charge >= 0.3 is 0 Å². The second-order valence-corrected chi connectivity index (χ2v) is 13.6. The fourth-order valence-electron chi connectivity index (χ4n) is 4.92. The van der Waals surface area contributed by atoms with Crippen molar-refractivity contribution in [2.45, 2.75) is 102 Å². The Hall–Kier alpha value is -2.11. The summed E-state index contributed by atoms with van der Waals surface area (Å²) in [6, 6.07) is 0.363. The van der Waals surface area contributed by atoms with Crippen LogP contribution in [-0.4, -0.2) is 77.6 Å². The average molecular weight is 509 g/mol. The van der Waals surface area contributed by atoms with Crippen molar-refractivity contribution >= 4 is 21.8 Å². The lowest BCUT2D eigenvalue weighted by Gasteiger charge is -2.43. The van der Waals surface area contributed by atoms with Gasteiger partial charge in [0.25, 0.3) is 5.91 Å². The minimum Gasteiger partial charge on any atom is -0.339 e. The molecule has 1 aliphatic carbocycles. The SMILES string of the molecule is CC(C)(C)N[C@@H]1CC[C@H](N2CC[C@H](NC(=O)c3ccnc(C(C)(C)C)n3)C2=O)[C@H](NS(C)(=O)=O)C1. The fraction of sp³-hybridized carbons (Fsp3) is 0.750. The van der Waals surface area contributed by atoms with Gasteiger partial charge in [-0.15, -0.1) is 0 Å². The number of hydrogen-bond donors (Lipinski definition) is 3. The molecule has 1 aliphatic heterocycles. The molecule has 3 N–H and O–H groups in total. The predicted octanol–water partition coefficient (Wildman–Crippen LogP) is 1.33. The number of nitrogens with one attached hydrogen (secondary N) is 3. The van der Waals surface area contributed by atoms with Crippen LogP contribution in [0.25, 0.3) is 0 Å². The van der Waals surface area contributed by atoms with Crippen molar-refractivity contribution in [2.75, 3.05) is 12.8 Å². The van der Waals surface area contributed by atoms with Crippen molar-refractivity contribution < 1.29 is 18.0 Å². The molecule has 0 bridgehead atoms. The highest BCUT2D eigenvalue weighted by Crippen LogP contribution is 2.29. The van der Waals surface area contributed by atoms with E-state index in [-0.39, 0.29) is 34.6 Å². The van der Waals surface area contributed by atoms with E-state index in [0.717, 1.165) is 12.7 Å². The van der Waals surface area contributed by atoms with Crippen LogP contribution in [0.3, 0.4) is 0 Å². The molecule has 2 fully saturated rings. The van der Waals surface area contributed by atoms with E-state index in [2.05, 4.69) is 46.1 Å². The number of likely N-dealkylation sites (tertiary alicyclic amines) is 1. The first-order valence-electron chi connectivity index (χ1n) is 12.2. The Labute approximate surface area is 209 Å². The molecule has 10 nitrogen and oxygen atoms in total. The largest absolute Gasteiger partial charge is 0.339 e. The number of sulfonamides is 1. The number of amides is 2. The van der Waals surface area contributed by atoms with Gasteiger partial charge in [-0.25, -0.2) is 23.1 Å².